The van der Waals surface area contributed by atoms with E-state index >= 15 is 0 Å². The van der Waals surface area contributed by atoms with Gasteiger partial charge in [0.1, 0.15) is 0 Å². The third-order valence-electron chi connectivity index (χ3n) is 2.05. The SMILES string of the molecule is CCC(F)(Br)C(F)(F)C(F)(Br)C(F)(Cl)C(F)(F)F. The molecular formula is C7H5Br2ClF8. The van der Waals surface area contributed by atoms with Gasteiger partial charge in [0.2, 0.25) is 4.58 Å². The lowest BCUT2D eigenvalue weighted by molar-refractivity contribution is -0.266. The van der Waals surface area contributed by atoms with Crippen molar-refractivity contribution in [3.63, 3.8) is 0 Å². The number of alkyl halides is 11. The van der Waals surface area contributed by atoms with Gasteiger partial charge in [0.25, 0.3) is 4.58 Å². The van der Waals surface area contributed by atoms with Crippen LogP contribution in [0.5, 0.6) is 0 Å². The predicted molar refractivity (Wildman–Crippen MR) is 56.5 cm³/mol. The molecular weight excluding hydrogens is 431 g/mol. The smallest absolute Gasteiger partial charge is 0.224 e. The highest BCUT2D eigenvalue weighted by Gasteiger charge is 2.81. The van der Waals surface area contributed by atoms with Crippen molar-refractivity contribution in [2.75, 3.05) is 0 Å². The standard InChI is InChI=1S/C7H5Br2ClF8/c1-2-3(8,11)6(14,15)4(9,12)5(10,13)7(16,17)18/h2H2,1H3. The van der Waals surface area contributed by atoms with Gasteiger partial charge >= 0.3 is 17.2 Å². The van der Waals surface area contributed by atoms with Crippen molar-refractivity contribution >= 4 is 43.5 Å². The van der Waals surface area contributed by atoms with Crippen molar-refractivity contribution < 1.29 is 35.1 Å². The van der Waals surface area contributed by atoms with Crippen LogP contribution in [0.1, 0.15) is 13.3 Å². The summed E-state index contributed by atoms with van der Waals surface area (Å²) in [6.45, 7) is 0.785. The molecule has 0 amide bonds. The molecule has 0 aliphatic rings. The molecule has 3 unspecified atom stereocenters. The van der Waals surface area contributed by atoms with Gasteiger partial charge in [0.05, 0.1) is 0 Å². The van der Waals surface area contributed by atoms with E-state index in [-0.39, 0.29) is 0 Å². The van der Waals surface area contributed by atoms with Gasteiger partial charge in [-0.1, -0.05) is 18.5 Å². The molecule has 0 radical (unpaired) electrons. The Balaban J connectivity index is 5.80. The van der Waals surface area contributed by atoms with Crippen LogP contribution in [0.15, 0.2) is 0 Å². The van der Waals surface area contributed by atoms with E-state index < -0.39 is 32.8 Å². The molecule has 0 saturated carbocycles. The van der Waals surface area contributed by atoms with Crippen molar-refractivity contribution in [2.45, 2.75) is 39.7 Å². The summed E-state index contributed by atoms with van der Waals surface area (Å²) < 4.78 is 93.8. The summed E-state index contributed by atoms with van der Waals surface area (Å²) in [6.07, 6.45) is -7.32. The number of hydrogen-bond donors (Lipinski definition) is 0. The second-order valence-corrected chi connectivity index (χ2v) is 6.15. The number of halogens is 11. The molecule has 0 aromatic heterocycles. The minimum atomic E-state index is -6.19. The average Bonchev–Trinajstić information content (AvgIpc) is 2.15. The second-order valence-electron chi connectivity index (χ2n) is 3.28. The van der Waals surface area contributed by atoms with Crippen LogP contribution in [-0.2, 0) is 0 Å². The van der Waals surface area contributed by atoms with E-state index in [0.717, 1.165) is 6.92 Å². The molecule has 0 aliphatic carbocycles. The molecule has 0 saturated heterocycles. The van der Waals surface area contributed by atoms with E-state index in [1.54, 1.807) is 15.9 Å². The normalized spacial score (nSPS) is 24.0. The molecule has 0 fully saturated rings. The summed E-state index contributed by atoms with van der Waals surface area (Å²) in [5, 5.41) is -5.52. The maximum atomic E-state index is 13.5. The van der Waals surface area contributed by atoms with Crippen molar-refractivity contribution in [1.29, 1.82) is 0 Å². The molecule has 0 N–H and O–H groups in total. The largest absolute Gasteiger partial charge is 0.441 e. The first-order valence-corrected chi connectivity index (χ1v) is 6.10. The van der Waals surface area contributed by atoms with Crippen LogP contribution < -0.4 is 0 Å². The van der Waals surface area contributed by atoms with E-state index in [1.165, 1.54) is 15.9 Å². The van der Waals surface area contributed by atoms with Gasteiger partial charge in [-0.2, -0.15) is 22.0 Å². The van der Waals surface area contributed by atoms with Gasteiger partial charge < -0.3 is 0 Å². The van der Waals surface area contributed by atoms with Gasteiger partial charge in [-0.15, -0.1) is 0 Å². The first-order chi connectivity index (χ1) is 7.56. The Labute approximate surface area is 118 Å². The minimum Gasteiger partial charge on any atom is -0.224 e. The maximum Gasteiger partial charge on any atom is 0.441 e. The van der Waals surface area contributed by atoms with Crippen LogP contribution in [0.2, 0.25) is 0 Å². The number of hydrogen-bond acceptors (Lipinski definition) is 0. The fourth-order valence-electron chi connectivity index (χ4n) is 0.827. The first kappa shape index (κ1) is 18.7. The average molecular weight is 436 g/mol. The molecule has 0 aromatic rings. The van der Waals surface area contributed by atoms with E-state index in [2.05, 4.69) is 11.6 Å². The fourth-order valence-corrected chi connectivity index (χ4v) is 2.02. The minimum absolute atomic E-state index is 0.785. The highest BCUT2D eigenvalue weighted by atomic mass is 79.9. The van der Waals surface area contributed by atoms with Crippen LogP contribution >= 0.6 is 43.5 Å². The van der Waals surface area contributed by atoms with Crippen LogP contribution in [-0.4, -0.2) is 26.4 Å². The Morgan fingerprint density at radius 3 is 1.44 bits per heavy atom. The summed E-state index contributed by atoms with van der Waals surface area (Å²) in [7, 11) is 0. The zero-order valence-electron chi connectivity index (χ0n) is 8.36. The Morgan fingerprint density at radius 1 is 0.889 bits per heavy atom. The lowest BCUT2D eigenvalue weighted by Gasteiger charge is -2.40. The van der Waals surface area contributed by atoms with Crippen molar-refractivity contribution in [1.82, 2.24) is 0 Å². The fraction of sp³-hybridized carbons (Fsp3) is 1.00. The molecule has 0 bridgehead atoms. The summed E-state index contributed by atoms with van der Waals surface area (Å²) in [6, 6.07) is 0. The zero-order valence-corrected chi connectivity index (χ0v) is 12.3. The third-order valence-corrected chi connectivity index (χ3v) is 4.85. The molecule has 0 rings (SSSR count). The summed E-state index contributed by atoms with van der Waals surface area (Å²) in [5.74, 6) is -5.44. The van der Waals surface area contributed by atoms with Crippen LogP contribution in [0, 0.1) is 0 Å². The molecule has 0 nitrogen and oxygen atoms in total. The second kappa shape index (κ2) is 4.91. The first-order valence-electron chi connectivity index (χ1n) is 4.14. The molecule has 0 aromatic carbocycles. The number of rotatable bonds is 4. The highest BCUT2D eigenvalue weighted by Crippen LogP contribution is 2.61. The van der Waals surface area contributed by atoms with Crippen molar-refractivity contribution in [3.05, 3.63) is 0 Å². The molecule has 11 heteroatoms. The van der Waals surface area contributed by atoms with Gasteiger partial charge in [-0.05, 0) is 38.3 Å². The molecule has 110 valence electrons. The molecule has 3 atom stereocenters. The van der Waals surface area contributed by atoms with Crippen LogP contribution in [0.4, 0.5) is 35.1 Å². The Kier molecular flexibility index (Phi) is 5.09. The Morgan fingerprint density at radius 2 is 1.22 bits per heavy atom. The summed E-state index contributed by atoms with van der Waals surface area (Å²) in [5.41, 5.74) is 0. The highest BCUT2D eigenvalue weighted by molar-refractivity contribution is 9.10. The van der Waals surface area contributed by atoms with Crippen LogP contribution in [0.25, 0.3) is 0 Å². The van der Waals surface area contributed by atoms with Crippen LogP contribution in [0.3, 0.4) is 0 Å². The van der Waals surface area contributed by atoms with Crippen molar-refractivity contribution in [3.8, 4) is 0 Å². The third kappa shape index (κ3) is 2.61. The zero-order chi connectivity index (χ0) is 15.2. The monoisotopic (exact) mass is 434 g/mol. The van der Waals surface area contributed by atoms with Gasteiger partial charge in [-0.25, -0.2) is 13.2 Å². The predicted octanol–water partition coefficient (Wildman–Crippen LogP) is 5.62. The topological polar surface area (TPSA) is 0 Å². The van der Waals surface area contributed by atoms with Crippen molar-refractivity contribution in [2.24, 2.45) is 0 Å². The van der Waals surface area contributed by atoms with E-state index in [0.29, 0.717) is 0 Å². The van der Waals surface area contributed by atoms with Gasteiger partial charge in [0, 0.05) is 0 Å². The van der Waals surface area contributed by atoms with E-state index in [1.807, 2.05) is 0 Å². The quantitative estimate of drug-likeness (QED) is 0.397. The molecule has 0 heterocycles. The lowest BCUT2D eigenvalue weighted by Crippen LogP contribution is -2.64. The summed E-state index contributed by atoms with van der Waals surface area (Å²) >= 11 is 7.11. The molecule has 0 aliphatic heterocycles. The van der Waals surface area contributed by atoms with E-state index in [9.17, 15) is 35.1 Å². The Hall–Kier alpha value is 0.690. The molecule has 0 spiro atoms. The van der Waals surface area contributed by atoms with Gasteiger partial charge in [-0.3, -0.25) is 0 Å². The summed E-state index contributed by atoms with van der Waals surface area (Å²) in [4.78, 5) is 0. The molecule has 18 heavy (non-hydrogen) atoms. The lowest BCUT2D eigenvalue weighted by atomic mass is 10.0. The van der Waals surface area contributed by atoms with Gasteiger partial charge in [0.15, 0.2) is 0 Å². The van der Waals surface area contributed by atoms with E-state index in [4.69, 9.17) is 0 Å². The maximum absolute atomic E-state index is 13.5. The Bertz CT molecular complexity index is 311.